The van der Waals surface area contributed by atoms with Crippen LogP contribution in [0, 0.1) is 5.92 Å². The van der Waals surface area contributed by atoms with Gasteiger partial charge in [-0.1, -0.05) is 55.5 Å². The molecule has 5 rings (SSSR count). The smallest absolute Gasteiger partial charge is 0.312 e. The summed E-state index contributed by atoms with van der Waals surface area (Å²) in [5.74, 6) is 1.06. The van der Waals surface area contributed by atoms with Crippen molar-refractivity contribution in [2.24, 2.45) is 13.0 Å². The molecule has 0 bridgehead atoms. The van der Waals surface area contributed by atoms with Crippen LogP contribution >= 0.6 is 0 Å². The number of benzene rings is 2. The minimum absolute atomic E-state index is 0.253. The maximum Gasteiger partial charge on any atom is 0.332 e. The van der Waals surface area contributed by atoms with Crippen molar-refractivity contribution in [3.05, 3.63) is 87.1 Å². The Kier molecular flexibility index (Phi) is 5.17. The van der Waals surface area contributed by atoms with E-state index in [0.29, 0.717) is 30.2 Å². The van der Waals surface area contributed by atoms with Crippen molar-refractivity contribution in [3.8, 4) is 0 Å². The Bertz CT molecular complexity index is 1370. The van der Waals surface area contributed by atoms with Gasteiger partial charge in [-0.3, -0.25) is 13.9 Å². The normalized spacial score (nSPS) is 15.8. The largest absolute Gasteiger partial charge is 0.332 e. The van der Waals surface area contributed by atoms with Crippen molar-refractivity contribution in [2.45, 2.75) is 32.9 Å². The van der Waals surface area contributed by atoms with Crippen LogP contribution in [0.5, 0.6) is 0 Å². The van der Waals surface area contributed by atoms with E-state index in [0.717, 1.165) is 31.0 Å². The van der Waals surface area contributed by atoms with Crippen LogP contribution in [0.2, 0.25) is 0 Å². The van der Waals surface area contributed by atoms with E-state index < -0.39 is 0 Å². The fourth-order valence-corrected chi connectivity index (χ4v) is 4.61. The Morgan fingerprint density at radius 1 is 0.969 bits per heavy atom. The molecular weight excluding hydrogens is 402 g/mol. The number of nitrogens with zero attached hydrogens (tertiary/aromatic N) is 5. The lowest BCUT2D eigenvalue weighted by Crippen LogP contribution is -2.40. The molecule has 0 saturated carbocycles. The minimum atomic E-state index is -0.315. The zero-order valence-corrected chi connectivity index (χ0v) is 18.4. The number of aromatic nitrogens is 4. The third kappa shape index (κ3) is 3.43. The highest BCUT2D eigenvalue weighted by atomic mass is 16.2. The molecule has 0 saturated heterocycles. The summed E-state index contributed by atoms with van der Waals surface area (Å²) in [6, 6.07) is 20.2. The van der Waals surface area contributed by atoms with Gasteiger partial charge in [0.1, 0.15) is 0 Å². The van der Waals surface area contributed by atoms with Gasteiger partial charge in [0.05, 0.1) is 0 Å². The van der Waals surface area contributed by atoms with Crippen LogP contribution in [-0.4, -0.2) is 25.2 Å². The van der Waals surface area contributed by atoms with Crippen molar-refractivity contribution < 1.29 is 0 Å². The quantitative estimate of drug-likeness (QED) is 0.488. The predicted octanol–water partition coefficient (Wildman–Crippen LogP) is 3.32. The molecule has 0 aliphatic carbocycles. The minimum Gasteiger partial charge on any atom is -0.312 e. The van der Waals surface area contributed by atoms with Crippen LogP contribution in [0.1, 0.15) is 18.9 Å². The second-order valence-electron chi connectivity index (χ2n) is 8.63. The highest BCUT2D eigenvalue weighted by molar-refractivity contribution is 5.77. The van der Waals surface area contributed by atoms with Crippen molar-refractivity contribution in [2.75, 3.05) is 11.4 Å². The van der Waals surface area contributed by atoms with E-state index in [2.05, 4.69) is 24.0 Å². The molecule has 7 nitrogen and oxygen atoms in total. The summed E-state index contributed by atoms with van der Waals surface area (Å²) < 4.78 is 4.87. The number of hydrogen-bond donors (Lipinski definition) is 0. The van der Waals surface area contributed by atoms with E-state index in [-0.39, 0.29) is 11.2 Å². The average molecular weight is 430 g/mol. The van der Waals surface area contributed by atoms with Crippen LogP contribution in [0.3, 0.4) is 0 Å². The first kappa shape index (κ1) is 20.3. The van der Waals surface area contributed by atoms with E-state index in [9.17, 15) is 9.59 Å². The van der Waals surface area contributed by atoms with Gasteiger partial charge in [0.25, 0.3) is 5.56 Å². The van der Waals surface area contributed by atoms with Crippen LogP contribution in [0.25, 0.3) is 11.2 Å². The summed E-state index contributed by atoms with van der Waals surface area (Å²) in [6.45, 7) is 4.07. The number of aryl methyl sites for hydroxylation is 2. The van der Waals surface area contributed by atoms with E-state index in [1.807, 2.05) is 53.1 Å². The Balaban J connectivity index is 1.58. The molecule has 164 valence electrons. The molecular formula is C25H27N5O2. The monoisotopic (exact) mass is 429 g/mol. The summed E-state index contributed by atoms with van der Waals surface area (Å²) in [5, 5.41) is 0. The Morgan fingerprint density at radius 3 is 2.38 bits per heavy atom. The molecule has 2 aromatic heterocycles. The van der Waals surface area contributed by atoms with Gasteiger partial charge in [-0.25, -0.2) is 4.79 Å². The van der Waals surface area contributed by atoms with Gasteiger partial charge in [0.15, 0.2) is 11.2 Å². The summed E-state index contributed by atoms with van der Waals surface area (Å²) in [4.78, 5) is 33.4. The fourth-order valence-electron chi connectivity index (χ4n) is 4.61. The average Bonchev–Trinajstić information content (AvgIpc) is 3.20. The molecule has 32 heavy (non-hydrogen) atoms. The maximum atomic E-state index is 13.5. The molecule has 1 aliphatic heterocycles. The SMILES string of the molecule is CC1CN(c2ccccc2)c2nc3c(c(=O)n(CCCc4ccccc4)c(=O)n3C)n2C1. The van der Waals surface area contributed by atoms with E-state index in [4.69, 9.17) is 4.98 Å². The maximum absolute atomic E-state index is 13.5. The molecule has 0 amide bonds. The first-order valence-corrected chi connectivity index (χ1v) is 11.1. The van der Waals surface area contributed by atoms with E-state index in [1.54, 1.807) is 7.05 Å². The van der Waals surface area contributed by atoms with Gasteiger partial charge in [0.2, 0.25) is 5.95 Å². The van der Waals surface area contributed by atoms with Gasteiger partial charge in [0, 0.05) is 32.4 Å². The van der Waals surface area contributed by atoms with E-state index in [1.165, 1.54) is 14.7 Å². The van der Waals surface area contributed by atoms with Crippen molar-refractivity contribution in [3.63, 3.8) is 0 Å². The molecule has 1 unspecified atom stereocenters. The standard InChI is InChI=1S/C25H27N5O2/c1-18-16-29(20-13-7-4-8-14-20)24-26-22-21(30(24)17-18)23(31)28(25(32)27(22)2)15-9-12-19-10-5-3-6-11-19/h3-8,10-11,13-14,18H,9,12,15-17H2,1-2H3. The Labute approximate surface area is 186 Å². The van der Waals surface area contributed by atoms with Crippen molar-refractivity contribution in [1.82, 2.24) is 18.7 Å². The molecule has 3 heterocycles. The number of rotatable bonds is 5. The summed E-state index contributed by atoms with van der Waals surface area (Å²) in [6.07, 6.45) is 1.54. The molecule has 7 heteroatoms. The van der Waals surface area contributed by atoms with Gasteiger partial charge in [-0.2, -0.15) is 4.98 Å². The molecule has 0 fully saturated rings. The molecule has 0 spiro atoms. The van der Waals surface area contributed by atoms with Crippen LogP contribution < -0.4 is 16.1 Å². The summed E-state index contributed by atoms with van der Waals surface area (Å²) >= 11 is 0. The lowest BCUT2D eigenvalue weighted by molar-refractivity contribution is 0.457. The fraction of sp³-hybridized carbons (Fsp3) is 0.320. The zero-order chi connectivity index (χ0) is 22.2. The van der Waals surface area contributed by atoms with Gasteiger partial charge >= 0.3 is 5.69 Å². The third-order valence-corrected chi connectivity index (χ3v) is 6.20. The summed E-state index contributed by atoms with van der Waals surface area (Å²) in [5.41, 5.74) is 2.62. The van der Waals surface area contributed by atoms with Crippen LogP contribution in [-0.2, 0) is 26.6 Å². The molecule has 4 aromatic rings. The highest BCUT2D eigenvalue weighted by Gasteiger charge is 2.29. The lowest BCUT2D eigenvalue weighted by atomic mass is 10.1. The van der Waals surface area contributed by atoms with Crippen molar-refractivity contribution in [1.29, 1.82) is 0 Å². The van der Waals surface area contributed by atoms with Crippen molar-refractivity contribution >= 4 is 22.8 Å². The molecule has 1 aliphatic rings. The molecule has 0 N–H and O–H groups in total. The summed E-state index contributed by atoms with van der Waals surface area (Å²) in [7, 11) is 1.70. The number of para-hydroxylation sites is 1. The number of imidazole rings is 1. The topological polar surface area (TPSA) is 65.1 Å². The van der Waals surface area contributed by atoms with E-state index >= 15 is 0 Å². The zero-order valence-electron chi connectivity index (χ0n) is 18.4. The van der Waals surface area contributed by atoms with Gasteiger partial charge in [-0.05, 0) is 36.5 Å². The number of fused-ring (bicyclic) bond motifs is 3. The Hall–Kier alpha value is -3.61. The first-order chi connectivity index (χ1) is 15.5. The van der Waals surface area contributed by atoms with Gasteiger partial charge < -0.3 is 9.47 Å². The third-order valence-electron chi connectivity index (χ3n) is 6.20. The van der Waals surface area contributed by atoms with Crippen LogP contribution in [0.15, 0.2) is 70.3 Å². The molecule has 0 radical (unpaired) electrons. The second kappa shape index (κ2) is 8.15. The van der Waals surface area contributed by atoms with Crippen LogP contribution in [0.4, 0.5) is 11.6 Å². The Morgan fingerprint density at radius 2 is 1.66 bits per heavy atom. The molecule has 2 aromatic carbocycles. The number of hydrogen-bond acceptors (Lipinski definition) is 4. The molecule has 1 atom stereocenters. The number of anilines is 2. The lowest BCUT2D eigenvalue weighted by Gasteiger charge is -2.32. The van der Waals surface area contributed by atoms with Gasteiger partial charge in [-0.15, -0.1) is 0 Å². The predicted molar refractivity (Wildman–Crippen MR) is 127 cm³/mol. The highest BCUT2D eigenvalue weighted by Crippen LogP contribution is 2.32. The first-order valence-electron chi connectivity index (χ1n) is 11.1. The second-order valence-corrected chi connectivity index (χ2v) is 8.63.